The molecule has 154 valence electrons. The van der Waals surface area contributed by atoms with Crippen molar-refractivity contribution in [2.45, 2.75) is 27.2 Å². The minimum atomic E-state index is -0.845. The molecule has 0 atom stereocenters. The topological polar surface area (TPSA) is 111 Å². The number of hydrogen-bond donors (Lipinski definition) is 2. The summed E-state index contributed by atoms with van der Waals surface area (Å²) in [6.45, 7) is 6.21. The van der Waals surface area contributed by atoms with Crippen LogP contribution in [0.2, 0.25) is 0 Å². The zero-order chi connectivity index (χ0) is 21.3. The first-order valence-corrected chi connectivity index (χ1v) is 9.76. The summed E-state index contributed by atoms with van der Waals surface area (Å²) in [4.78, 5) is 35.7. The number of nitro groups is 1. The highest BCUT2D eigenvalue weighted by atomic mass is 32.1. The fourth-order valence-corrected chi connectivity index (χ4v) is 4.24. The van der Waals surface area contributed by atoms with Crippen molar-refractivity contribution in [3.63, 3.8) is 0 Å². The first-order chi connectivity index (χ1) is 13.6. The number of benzene rings is 1. The number of carbonyl (C=O) groups is 2. The van der Waals surface area contributed by atoms with Crippen LogP contribution in [0.4, 0.5) is 20.8 Å². The maximum Gasteiger partial charge on any atom is 0.341 e. The number of nitrogens with zero attached hydrogens (tertiary/aromatic N) is 1. The number of rotatable bonds is 5. The van der Waals surface area contributed by atoms with E-state index in [-0.39, 0.29) is 39.9 Å². The van der Waals surface area contributed by atoms with Crippen molar-refractivity contribution in [1.29, 1.82) is 0 Å². The highest BCUT2D eigenvalue weighted by Gasteiger charge is 2.35. The lowest BCUT2D eigenvalue weighted by molar-refractivity contribution is -0.385. The predicted octanol–water partition coefficient (Wildman–Crippen LogP) is 4.03. The summed E-state index contributed by atoms with van der Waals surface area (Å²) < 4.78 is 19.5. The van der Waals surface area contributed by atoms with Crippen molar-refractivity contribution >= 4 is 39.6 Å². The van der Waals surface area contributed by atoms with Crippen molar-refractivity contribution in [2.75, 3.05) is 18.5 Å². The average molecular weight is 421 g/mol. The van der Waals surface area contributed by atoms with Crippen LogP contribution in [0.15, 0.2) is 18.2 Å². The first-order valence-electron chi connectivity index (χ1n) is 8.95. The summed E-state index contributed by atoms with van der Waals surface area (Å²) in [5.74, 6) is -1.76. The van der Waals surface area contributed by atoms with Gasteiger partial charge in [-0.1, -0.05) is 13.8 Å². The Balaban J connectivity index is 2.09. The number of carbonyl (C=O) groups excluding carboxylic acids is 2. The molecule has 1 aromatic carbocycles. The summed E-state index contributed by atoms with van der Waals surface area (Å²) in [7, 11) is 0. The lowest BCUT2D eigenvalue weighted by Crippen LogP contribution is -2.31. The molecule has 0 radical (unpaired) electrons. The Kier molecular flexibility index (Phi) is 5.56. The number of nitrogens with one attached hydrogen (secondary N) is 2. The molecule has 3 rings (SSSR count). The molecule has 0 saturated carbocycles. The van der Waals surface area contributed by atoms with Crippen LogP contribution >= 0.6 is 11.3 Å². The smallest absolute Gasteiger partial charge is 0.341 e. The van der Waals surface area contributed by atoms with Gasteiger partial charge < -0.3 is 15.4 Å². The second-order valence-electron chi connectivity index (χ2n) is 7.40. The van der Waals surface area contributed by atoms with Gasteiger partial charge in [-0.2, -0.15) is 0 Å². The van der Waals surface area contributed by atoms with Gasteiger partial charge >= 0.3 is 5.97 Å². The number of halogens is 1. The van der Waals surface area contributed by atoms with Crippen LogP contribution in [0.1, 0.15) is 46.4 Å². The molecule has 0 fully saturated rings. The van der Waals surface area contributed by atoms with Crippen LogP contribution in [0.25, 0.3) is 0 Å². The Labute approximate surface area is 170 Å². The highest BCUT2D eigenvalue weighted by Crippen LogP contribution is 2.41. The minimum absolute atomic E-state index is 0.0442. The van der Waals surface area contributed by atoms with E-state index in [2.05, 4.69) is 10.6 Å². The van der Waals surface area contributed by atoms with E-state index >= 15 is 0 Å². The summed E-state index contributed by atoms with van der Waals surface area (Å²) in [6.07, 6.45) is 0.455. The molecule has 0 unspecified atom stereocenters. The molecule has 1 amide bonds. The molecule has 10 heteroatoms. The molecule has 2 aromatic rings. The Morgan fingerprint density at radius 1 is 1.45 bits per heavy atom. The lowest BCUT2D eigenvalue weighted by atomic mass is 9.85. The number of non-ortho nitro benzene ring substituents is 1. The molecule has 29 heavy (non-hydrogen) atoms. The first kappa shape index (κ1) is 20.7. The molecule has 0 bridgehead atoms. The van der Waals surface area contributed by atoms with Gasteiger partial charge in [0.2, 0.25) is 0 Å². The van der Waals surface area contributed by atoms with Gasteiger partial charge in [-0.3, -0.25) is 14.9 Å². The van der Waals surface area contributed by atoms with Crippen molar-refractivity contribution in [1.82, 2.24) is 5.32 Å². The molecule has 1 aliphatic rings. The van der Waals surface area contributed by atoms with Gasteiger partial charge in [0.1, 0.15) is 5.00 Å². The molecule has 0 spiro atoms. The zero-order valence-corrected chi connectivity index (χ0v) is 16.9. The van der Waals surface area contributed by atoms with E-state index in [9.17, 15) is 24.1 Å². The van der Waals surface area contributed by atoms with Gasteiger partial charge in [0.05, 0.1) is 33.7 Å². The molecule has 1 aromatic heterocycles. The van der Waals surface area contributed by atoms with Crippen LogP contribution in [-0.2, 0) is 11.2 Å². The third kappa shape index (κ3) is 4.21. The van der Waals surface area contributed by atoms with Crippen molar-refractivity contribution < 1.29 is 23.6 Å². The molecular formula is C19H20FN3O5S. The number of thiophene rings is 1. The van der Waals surface area contributed by atoms with E-state index < -0.39 is 16.7 Å². The van der Waals surface area contributed by atoms with E-state index in [1.807, 2.05) is 13.8 Å². The summed E-state index contributed by atoms with van der Waals surface area (Å²) >= 11 is 1.03. The van der Waals surface area contributed by atoms with E-state index in [0.29, 0.717) is 23.4 Å². The van der Waals surface area contributed by atoms with Crippen molar-refractivity contribution in [3.05, 3.63) is 50.1 Å². The number of amides is 1. The lowest BCUT2D eigenvalue weighted by Gasteiger charge is -2.22. The van der Waals surface area contributed by atoms with Gasteiger partial charge in [-0.25, -0.2) is 9.18 Å². The van der Waals surface area contributed by atoms with E-state index in [1.54, 1.807) is 6.92 Å². The van der Waals surface area contributed by atoms with Crippen LogP contribution < -0.4 is 10.6 Å². The normalized spacial score (nSPS) is 15.1. The highest BCUT2D eigenvalue weighted by molar-refractivity contribution is 7.18. The van der Waals surface area contributed by atoms with Gasteiger partial charge in [0.25, 0.3) is 11.6 Å². The monoisotopic (exact) mass is 421 g/mol. The summed E-state index contributed by atoms with van der Waals surface area (Å²) in [5, 5.41) is 16.7. The fourth-order valence-electron chi connectivity index (χ4n) is 3.11. The number of fused-ring (bicyclic) bond motifs is 1. The van der Waals surface area contributed by atoms with Crippen LogP contribution in [0.3, 0.4) is 0 Å². The Morgan fingerprint density at radius 3 is 2.79 bits per heavy atom. The number of hydrogen-bond acceptors (Lipinski definition) is 7. The molecule has 0 aliphatic carbocycles. The Bertz CT molecular complexity index is 1000. The second-order valence-corrected chi connectivity index (χ2v) is 8.42. The number of nitro benzene ring substituents is 1. The van der Waals surface area contributed by atoms with Gasteiger partial charge in [0.15, 0.2) is 5.82 Å². The fraction of sp³-hybridized carbons (Fsp3) is 0.368. The number of esters is 1. The van der Waals surface area contributed by atoms with E-state index in [0.717, 1.165) is 23.5 Å². The maximum atomic E-state index is 14.4. The molecule has 1 aliphatic heterocycles. The van der Waals surface area contributed by atoms with Crippen LogP contribution in [-0.4, -0.2) is 30.0 Å². The SMILES string of the molecule is CCOC(=O)c1c(Nc2ccc([N+](=O)[O-])cc2F)sc2c1CC(C)(C)CNC2=O. The van der Waals surface area contributed by atoms with Crippen molar-refractivity contribution in [2.24, 2.45) is 5.41 Å². The zero-order valence-electron chi connectivity index (χ0n) is 16.1. The third-order valence-electron chi connectivity index (χ3n) is 4.49. The number of ether oxygens (including phenoxy) is 1. The Morgan fingerprint density at radius 2 is 2.17 bits per heavy atom. The quantitative estimate of drug-likeness (QED) is 0.428. The van der Waals surface area contributed by atoms with Gasteiger partial charge in [0, 0.05) is 12.6 Å². The Hall–Kier alpha value is -3.01. The maximum absolute atomic E-state index is 14.4. The van der Waals surface area contributed by atoms with Crippen LogP contribution in [0.5, 0.6) is 0 Å². The van der Waals surface area contributed by atoms with E-state index in [4.69, 9.17) is 4.74 Å². The molecule has 2 heterocycles. The minimum Gasteiger partial charge on any atom is -0.462 e. The molecule has 8 nitrogen and oxygen atoms in total. The second kappa shape index (κ2) is 7.78. The van der Waals surface area contributed by atoms with E-state index in [1.165, 1.54) is 6.07 Å². The largest absolute Gasteiger partial charge is 0.462 e. The average Bonchev–Trinajstić information content (AvgIpc) is 2.93. The number of anilines is 2. The predicted molar refractivity (Wildman–Crippen MR) is 106 cm³/mol. The van der Waals surface area contributed by atoms with Crippen LogP contribution in [0, 0.1) is 21.3 Å². The van der Waals surface area contributed by atoms with Crippen molar-refractivity contribution in [3.8, 4) is 0 Å². The molecular weight excluding hydrogens is 401 g/mol. The summed E-state index contributed by atoms with van der Waals surface area (Å²) in [6, 6.07) is 3.17. The molecule has 2 N–H and O–H groups in total. The molecule has 0 saturated heterocycles. The summed E-state index contributed by atoms with van der Waals surface area (Å²) in [5.41, 5.74) is 0.0195. The van der Waals surface area contributed by atoms with Gasteiger partial charge in [-0.15, -0.1) is 11.3 Å². The standard InChI is InChI=1S/C19H20FN3O5S/c1-4-28-18(25)14-11-8-19(2,3)9-21-16(24)15(11)29-17(14)22-13-6-5-10(23(26)27)7-12(13)20/h5-7,22H,4,8-9H2,1-3H3,(H,21,24). The van der Waals surface area contributed by atoms with Gasteiger partial charge in [-0.05, 0) is 30.4 Å². The third-order valence-corrected chi connectivity index (χ3v) is 5.63.